The largest absolute Gasteiger partial charge is 0.351 e. The maximum absolute atomic E-state index is 11.9. The Hall–Kier alpha value is -1.07. The van der Waals surface area contributed by atoms with Crippen LogP contribution < -0.4 is 0 Å². The van der Waals surface area contributed by atoms with Gasteiger partial charge in [0.2, 0.25) is 0 Å². The van der Waals surface area contributed by atoms with Crippen LogP contribution in [-0.4, -0.2) is 29.1 Å². The molecule has 0 aliphatic carbocycles. The zero-order chi connectivity index (χ0) is 12.5. The van der Waals surface area contributed by atoms with Gasteiger partial charge in [0.1, 0.15) is 0 Å². The van der Waals surface area contributed by atoms with Crippen molar-refractivity contribution in [2.24, 2.45) is 4.99 Å². The fourth-order valence-corrected chi connectivity index (χ4v) is 3.97. The van der Waals surface area contributed by atoms with Crippen LogP contribution >= 0.6 is 23.1 Å². The first kappa shape index (κ1) is 12.0. The summed E-state index contributed by atoms with van der Waals surface area (Å²) in [6.45, 7) is 4.13. The van der Waals surface area contributed by atoms with Gasteiger partial charge in [0.15, 0.2) is 5.17 Å². The van der Waals surface area contributed by atoms with Gasteiger partial charge >= 0.3 is 0 Å². The number of amidine groups is 1. The number of carbonyl (C=O) groups excluding carboxylic acids is 1. The first-order valence-corrected chi connectivity index (χ1v) is 7.75. The predicted molar refractivity (Wildman–Crippen MR) is 77.9 cm³/mol. The SMILES string of the molecule is Cc1ccsc1C=C1SC(N2CCCC2)=NC1=O. The number of thiophene rings is 1. The summed E-state index contributed by atoms with van der Waals surface area (Å²) in [6.07, 6.45) is 4.38. The number of hydrogen-bond donors (Lipinski definition) is 0. The second kappa shape index (κ2) is 4.90. The molecule has 1 aromatic rings. The summed E-state index contributed by atoms with van der Waals surface area (Å²) in [5.74, 6) is -0.0882. The Morgan fingerprint density at radius 2 is 2.17 bits per heavy atom. The van der Waals surface area contributed by atoms with E-state index in [2.05, 4.69) is 22.9 Å². The van der Waals surface area contributed by atoms with Crippen LogP contribution in [0.15, 0.2) is 21.3 Å². The van der Waals surface area contributed by atoms with E-state index in [4.69, 9.17) is 0 Å². The van der Waals surface area contributed by atoms with Crippen molar-refractivity contribution in [3.05, 3.63) is 26.8 Å². The minimum absolute atomic E-state index is 0.0882. The van der Waals surface area contributed by atoms with Crippen LogP contribution in [0.4, 0.5) is 0 Å². The molecule has 1 amide bonds. The Morgan fingerprint density at radius 1 is 1.39 bits per heavy atom. The van der Waals surface area contributed by atoms with Crippen LogP contribution in [0, 0.1) is 6.92 Å². The Balaban J connectivity index is 1.79. The lowest BCUT2D eigenvalue weighted by Gasteiger charge is -2.14. The number of hydrogen-bond acceptors (Lipinski definition) is 4. The zero-order valence-electron chi connectivity index (χ0n) is 10.2. The summed E-state index contributed by atoms with van der Waals surface area (Å²) >= 11 is 3.18. The lowest BCUT2D eigenvalue weighted by atomic mass is 10.3. The van der Waals surface area contributed by atoms with E-state index in [-0.39, 0.29) is 5.91 Å². The molecule has 0 saturated carbocycles. The normalized spacial score (nSPS) is 22.1. The third-order valence-corrected chi connectivity index (χ3v) is 5.16. The number of rotatable bonds is 1. The summed E-state index contributed by atoms with van der Waals surface area (Å²) in [5, 5.41) is 2.94. The monoisotopic (exact) mass is 278 g/mol. The molecule has 0 spiro atoms. The fourth-order valence-electron chi connectivity index (χ4n) is 2.09. The Bertz CT molecular complexity index is 539. The molecular weight excluding hydrogens is 264 g/mol. The van der Waals surface area contributed by atoms with Crippen molar-refractivity contribution < 1.29 is 4.79 Å². The molecule has 2 aliphatic heterocycles. The highest BCUT2D eigenvalue weighted by atomic mass is 32.2. The highest BCUT2D eigenvalue weighted by molar-refractivity contribution is 8.18. The molecular formula is C13H14N2OS2. The number of aliphatic imine (C=N–C) groups is 1. The average Bonchev–Trinajstić information content (AvgIpc) is 3.03. The number of likely N-dealkylation sites (tertiary alicyclic amines) is 1. The third-order valence-electron chi connectivity index (χ3n) is 3.15. The van der Waals surface area contributed by atoms with Crippen molar-refractivity contribution in [2.45, 2.75) is 19.8 Å². The van der Waals surface area contributed by atoms with Gasteiger partial charge in [-0.2, -0.15) is 4.99 Å². The number of nitrogens with zero attached hydrogens (tertiary/aromatic N) is 2. The molecule has 2 aliphatic rings. The van der Waals surface area contributed by atoms with Crippen molar-refractivity contribution in [1.29, 1.82) is 0 Å². The molecule has 0 atom stereocenters. The first-order chi connectivity index (χ1) is 8.74. The second-order valence-electron chi connectivity index (χ2n) is 4.47. The minimum atomic E-state index is -0.0882. The molecule has 0 radical (unpaired) electrons. The van der Waals surface area contributed by atoms with E-state index in [0.29, 0.717) is 0 Å². The number of amides is 1. The Labute approximate surface area is 115 Å². The topological polar surface area (TPSA) is 32.7 Å². The van der Waals surface area contributed by atoms with Crippen molar-refractivity contribution in [3.63, 3.8) is 0 Å². The fraction of sp³-hybridized carbons (Fsp3) is 0.385. The van der Waals surface area contributed by atoms with Gasteiger partial charge in [-0.3, -0.25) is 4.79 Å². The molecule has 3 rings (SSSR count). The molecule has 0 N–H and O–H groups in total. The zero-order valence-corrected chi connectivity index (χ0v) is 11.8. The van der Waals surface area contributed by atoms with Gasteiger partial charge in [0.25, 0.3) is 5.91 Å². The van der Waals surface area contributed by atoms with Gasteiger partial charge in [0.05, 0.1) is 4.91 Å². The summed E-state index contributed by atoms with van der Waals surface area (Å²) in [7, 11) is 0. The molecule has 1 fully saturated rings. The smallest absolute Gasteiger partial charge is 0.286 e. The summed E-state index contributed by atoms with van der Waals surface area (Å²) in [6, 6.07) is 2.07. The molecule has 0 unspecified atom stereocenters. The van der Waals surface area contributed by atoms with Crippen LogP contribution in [0.3, 0.4) is 0 Å². The molecule has 5 heteroatoms. The average molecular weight is 278 g/mol. The second-order valence-corrected chi connectivity index (χ2v) is 6.43. The highest BCUT2D eigenvalue weighted by Gasteiger charge is 2.27. The summed E-state index contributed by atoms with van der Waals surface area (Å²) in [4.78, 5) is 20.2. The van der Waals surface area contributed by atoms with Crippen LogP contribution in [-0.2, 0) is 4.79 Å². The lowest BCUT2D eigenvalue weighted by Crippen LogP contribution is -2.23. The van der Waals surface area contributed by atoms with Crippen LogP contribution in [0.25, 0.3) is 6.08 Å². The first-order valence-electron chi connectivity index (χ1n) is 6.05. The van der Waals surface area contributed by atoms with E-state index < -0.39 is 0 Å². The molecule has 3 nitrogen and oxygen atoms in total. The van der Waals surface area contributed by atoms with E-state index >= 15 is 0 Å². The van der Waals surface area contributed by atoms with Crippen LogP contribution in [0.1, 0.15) is 23.3 Å². The maximum atomic E-state index is 11.9. The molecule has 18 heavy (non-hydrogen) atoms. The van der Waals surface area contributed by atoms with E-state index in [1.165, 1.54) is 30.2 Å². The molecule has 1 saturated heterocycles. The van der Waals surface area contributed by atoms with Crippen molar-refractivity contribution in [1.82, 2.24) is 4.90 Å². The number of thioether (sulfide) groups is 1. The summed E-state index contributed by atoms with van der Waals surface area (Å²) in [5.41, 5.74) is 1.22. The predicted octanol–water partition coefficient (Wildman–Crippen LogP) is 3.12. The van der Waals surface area contributed by atoms with Gasteiger partial charge in [-0.1, -0.05) is 0 Å². The van der Waals surface area contributed by atoms with Crippen LogP contribution in [0.5, 0.6) is 0 Å². The quantitative estimate of drug-likeness (QED) is 0.740. The number of carbonyl (C=O) groups is 1. The van der Waals surface area contributed by atoms with Gasteiger partial charge < -0.3 is 4.90 Å². The molecule has 0 bridgehead atoms. The van der Waals surface area contributed by atoms with E-state index in [0.717, 1.165) is 28.0 Å². The van der Waals surface area contributed by atoms with Gasteiger partial charge in [-0.15, -0.1) is 11.3 Å². The van der Waals surface area contributed by atoms with Gasteiger partial charge in [0, 0.05) is 18.0 Å². The van der Waals surface area contributed by atoms with Crippen molar-refractivity contribution in [3.8, 4) is 0 Å². The van der Waals surface area contributed by atoms with Gasteiger partial charge in [-0.05, 0) is 54.6 Å². The van der Waals surface area contributed by atoms with Crippen LogP contribution in [0.2, 0.25) is 0 Å². The lowest BCUT2D eigenvalue weighted by molar-refractivity contribution is -0.113. The van der Waals surface area contributed by atoms with E-state index in [1.54, 1.807) is 11.3 Å². The third kappa shape index (κ3) is 2.24. The van der Waals surface area contributed by atoms with Crippen molar-refractivity contribution in [2.75, 3.05) is 13.1 Å². The minimum Gasteiger partial charge on any atom is -0.351 e. The standard InChI is InChI=1S/C13H14N2OS2/c1-9-4-7-17-10(9)8-11-12(16)14-13(18-11)15-5-2-3-6-15/h4,7-8H,2-3,5-6H2,1H3. The van der Waals surface area contributed by atoms with Crippen molar-refractivity contribution >= 4 is 40.2 Å². The Morgan fingerprint density at radius 3 is 2.83 bits per heavy atom. The maximum Gasteiger partial charge on any atom is 0.286 e. The van der Waals surface area contributed by atoms with E-state index in [9.17, 15) is 4.79 Å². The molecule has 3 heterocycles. The van der Waals surface area contributed by atoms with E-state index in [1.807, 2.05) is 11.5 Å². The molecule has 1 aromatic heterocycles. The number of aryl methyl sites for hydroxylation is 1. The molecule has 0 aromatic carbocycles. The highest BCUT2D eigenvalue weighted by Crippen LogP contribution is 2.33. The molecule has 94 valence electrons. The summed E-state index contributed by atoms with van der Waals surface area (Å²) < 4.78 is 0. The van der Waals surface area contributed by atoms with Gasteiger partial charge in [-0.25, -0.2) is 0 Å². The Kier molecular flexibility index (Phi) is 3.26.